The third kappa shape index (κ3) is 12.7. The van der Waals surface area contributed by atoms with Gasteiger partial charge in [-0.05, 0) is 0 Å². The van der Waals surface area contributed by atoms with Crippen LogP contribution in [-0.2, 0) is 75.8 Å². The second kappa shape index (κ2) is 27.8. The molecule has 464 valence electrons. The van der Waals surface area contributed by atoms with Crippen LogP contribution in [0.5, 0.6) is 0 Å². The fraction of sp³-hybridized carbons (Fsp3) is 0.977. The minimum absolute atomic E-state index is 0.237. The first-order valence-electron chi connectivity index (χ1n) is 25.5. The summed E-state index contributed by atoms with van der Waals surface area (Å²) in [5.41, 5.74) is 0. The van der Waals surface area contributed by atoms with Gasteiger partial charge in [0.1, 0.15) is 184 Å². The molecule has 35 atom stereocenters. The molecule has 0 saturated carbocycles. The van der Waals surface area contributed by atoms with Gasteiger partial charge in [0.05, 0.1) is 46.2 Å². The van der Waals surface area contributed by atoms with Crippen LogP contribution in [0.25, 0.3) is 0 Å². The number of aliphatic hydroxyl groups excluding tert-OH is 20. The minimum Gasteiger partial charge on any atom is -0.394 e. The van der Waals surface area contributed by atoms with Crippen LogP contribution >= 0.6 is 0 Å². The summed E-state index contributed by atoms with van der Waals surface area (Å²) >= 11 is 0. The Kier molecular flexibility index (Phi) is 22.3. The standard InChI is InChI=1S/C44H72O36/c45-1-2-66-37-29(65)36-16(9-52)73-44(37)80-35-15(8-51)72-42(28(64)22(35)58)78-33-13(6-49)70-40(26(62)20(33)56)76-31-11(4-47)68-38(24(60)18(31)54)74-30-10(3-46)67-39(23(59)17(30)53)75-32-12(5-48)69-41(25(61)19(32)55)77-34-14(7-50)71-43(79-36)27(63)21(34)57/h1,10-44,46-65H,2-9H2/t10-,11-,12-,13-,14-,15-,16-,17-,18+,19-,20+,21-,22+,23-,24-,25-,26+,27-,28+,29+,30-,31-,32-,33-,34-,35-,36-,37-,38-,39-,40-,41-,42-,43-,44-/m1/s1. The second-order valence-corrected chi connectivity index (χ2v) is 20.1. The monoisotopic (exact) mass is 1180 g/mol. The molecule has 0 spiro atoms. The third-order valence-corrected chi connectivity index (χ3v) is 15.1. The van der Waals surface area contributed by atoms with E-state index in [-0.39, 0.29) is 6.29 Å². The maximum absolute atomic E-state index is 11.7. The van der Waals surface area contributed by atoms with Crippen LogP contribution in [0.2, 0.25) is 0 Å². The molecule has 15 rings (SSSR count). The Morgan fingerprint density at radius 2 is 0.425 bits per heavy atom. The van der Waals surface area contributed by atoms with Crippen molar-refractivity contribution in [2.75, 3.05) is 52.9 Å². The summed E-state index contributed by atoms with van der Waals surface area (Å²) in [5, 5.41) is 221. The quantitative estimate of drug-likeness (QED) is 0.0903. The molecule has 20 N–H and O–H groups in total. The first kappa shape index (κ1) is 64.3. The van der Waals surface area contributed by atoms with Crippen LogP contribution in [0.15, 0.2) is 0 Å². The molecule has 15 aliphatic heterocycles. The smallest absolute Gasteiger partial charge is 0.187 e. The average molecular weight is 1180 g/mol. The number of carbonyl (C=O) groups is 1. The Balaban J connectivity index is 1.10. The molecule has 15 saturated heterocycles. The molecule has 0 aromatic rings. The summed E-state index contributed by atoms with van der Waals surface area (Å²) in [5.74, 6) is 0. The summed E-state index contributed by atoms with van der Waals surface area (Å²) < 4.78 is 85.8. The van der Waals surface area contributed by atoms with Gasteiger partial charge in [-0.3, -0.25) is 0 Å². The molecule has 36 nitrogen and oxygen atoms in total. The first-order chi connectivity index (χ1) is 38.2. The van der Waals surface area contributed by atoms with Crippen molar-refractivity contribution in [3.05, 3.63) is 0 Å². The molecule has 0 radical (unpaired) electrons. The molecule has 36 heteroatoms. The molecule has 0 aromatic heterocycles. The van der Waals surface area contributed by atoms with Gasteiger partial charge >= 0.3 is 0 Å². The van der Waals surface area contributed by atoms with Crippen molar-refractivity contribution in [2.24, 2.45) is 0 Å². The van der Waals surface area contributed by atoms with Gasteiger partial charge < -0.3 is 178 Å². The minimum atomic E-state index is -2.22. The number of hydrogen-bond donors (Lipinski definition) is 20. The largest absolute Gasteiger partial charge is 0.394 e. The highest BCUT2D eigenvalue weighted by molar-refractivity contribution is 5.50. The summed E-state index contributed by atoms with van der Waals surface area (Å²) in [6.07, 6.45) is -69.8. The maximum Gasteiger partial charge on any atom is 0.187 e. The number of aldehydes is 1. The van der Waals surface area contributed by atoms with Gasteiger partial charge in [0.2, 0.25) is 0 Å². The van der Waals surface area contributed by atoms with Crippen LogP contribution in [-0.4, -0.2) is 376 Å². The van der Waals surface area contributed by atoms with E-state index in [1.165, 1.54) is 0 Å². The molecule has 0 amide bonds. The molecule has 15 heterocycles. The number of fused-ring (bicyclic) bond motifs is 7. The molecule has 14 bridgehead atoms. The summed E-state index contributed by atoms with van der Waals surface area (Å²) in [6.45, 7) is -8.17. The van der Waals surface area contributed by atoms with E-state index in [1.807, 2.05) is 0 Å². The maximum atomic E-state index is 11.7. The van der Waals surface area contributed by atoms with Gasteiger partial charge in [0.15, 0.2) is 44.0 Å². The van der Waals surface area contributed by atoms with Crippen molar-refractivity contribution in [2.45, 2.75) is 215 Å². The highest BCUT2D eigenvalue weighted by Gasteiger charge is 2.60. The van der Waals surface area contributed by atoms with E-state index < -0.39 is 268 Å². The predicted molar refractivity (Wildman–Crippen MR) is 238 cm³/mol. The lowest BCUT2D eigenvalue weighted by Gasteiger charge is -2.50. The average Bonchev–Trinajstić information content (AvgIpc) is 3.54. The van der Waals surface area contributed by atoms with E-state index in [9.17, 15) is 107 Å². The topological polar surface area (TPSA) is 560 Å². The molecular formula is C44H72O36. The van der Waals surface area contributed by atoms with E-state index in [1.54, 1.807) is 0 Å². The third-order valence-electron chi connectivity index (χ3n) is 15.1. The van der Waals surface area contributed by atoms with Gasteiger partial charge in [0.25, 0.3) is 0 Å². The Bertz CT molecular complexity index is 1910. The highest BCUT2D eigenvalue weighted by atomic mass is 16.8. The summed E-state index contributed by atoms with van der Waals surface area (Å²) in [4.78, 5) is 11.6. The van der Waals surface area contributed by atoms with Gasteiger partial charge in [0, 0.05) is 0 Å². The zero-order valence-electron chi connectivity index (χ0n) is 41.9. The second-order valence-electron chi connectivity index (χ2n) is 20.1. The van der Waals surface area contributed by atoms with E-state index in [0.717, 1.165) is 0 Å². The van der Waals surface area contributed by atoms with Crippen LogP contribution < -0.4 is 0 Å². The van der Waals surface area contributed by atoms with Crippen molar-refractivity contribution in [3.8, 4) is 0 Å². The zero-order valence-corrected chi connectivity index (χ0v) is 41.9. The number of hydrogen-bond acceptors (Lipinski definition) is 36. The molecule has 0 unspecified atom stereocenters. The number of aliphatic hydroxyl groups is 20. The predicted octanol–water partition coefficient (Wildman–Crippen LogP) is -15.0. The SMILES string of the molecule is O=CCO[C@H]1[C@H]2O[C@H]3[C@@H](O)[C@H](O)[C@@H](O[C@H]4[C@@H](O)[C@H](O)[C@@H](O[C@H]5[C@@H](O)[C@@H](O)[C@@H](O[C@H]6[C@H](O)[C@@H](O)[C@@H](O[C@H]7[C@H](O)[C@@H](O)[C@@H](O[C@H]8[C@H](O)[C@@H](O)[C@@H](O[C@@H]([C@@H]1O)[C@@H](CO)O2)O[C@@H]8CO)O[C@@H]7CO)O[C@@H]6CO)O[C@@H]5CO)O[C@@H]4CO)O[C@@H]3CO. The molecule has 0 aromatic carbocycles. The molecule has 80 heavy (non-hydrogen) atoms. The van der Waals surface area contributed by atoms with Crippen molar-refractivity contribution < 1.29 is 178 Å². The van der Waals surface area contributed by atoms with E-state index >= 15 is 0 Å². The summed E-state index contributed by atoms with van der Waals surface area (Å²) in [6, 6.07) is 0. The Morgan fingerprint density at radius 3 is 0.613 bits per heavy atom. The number of rotatable bonds is 10. The van der Waals surface area contributed by atoms with Gasteiger partial charge in [-0.15, -0.1) is 0 Å². The van der Waals surface area contributed by atoms with E-state index in [2.05, 4.69) is 0 Å². The summed E-state index contributed by atoms with van der Waals surface area (Å²) in [7, 11) is 0. The highest BCUT2D eigenvalue weighted by Crippen LogP contribution is 2.39. The van der Waals surface area contributed by atoms with E-state index in [4.69, 9.17) is 71.1 Å². The number of ether oxygens (including phenoxy) is 15. The Morgan fingerprint density at radius 1 is 0.250 bits per heavy atom. The van der Waals surface area contributed by atoms with Crippen molar-refractivity contribution in [1.29, 1.82) is 0 Å². The number of carbonyl (C=O) groups excluding carboxylic acids is 1. The molecule has 0 aliphatic carbocycles. The lowest BCUT2D eigenvalue weighted by molar-refractivity contribution is -0.398. The Labute approximate surface area is 451 Å². The van der Waals surface area contributed by atoms with E-state index in [0.29, 0.717) is 0 Å². The fourth-order valence-electron chi connectivity index (χ4n) is 10.7. The fourth-order valence-corrected chi connectivity index (χ4v) is 10.7. The molecular weight excluding hydrogens is 1100 g/mol. The van der Waals surface area contributed by atoms with Crippen molar-refractivity contribution in [1.82, 2.24) is 0 Å². The Hall–Kier alpha value is -1.73. The first-order valence-corrected chi connectivity index (χ1v) is 25.5. The van der Waals surface area contributed by atoms with Crippen molar-refractivity contribution >= 4 is 6.29 Å². The van der Waals surface area contributed by atoms with Crippen LogP contribution in [0.3, 0.4) is 0 Å². The van der Waals surface area contributed by atoms with Crippen LogP contribution in [0.1, 0.15) is 0 Å². The van der Waals surface area contributed by atoms with Gasteiger partial charge in [-0.25, -0.2) is 0 Å². The van der Waals surface area contributed by atoms with Crippen LogP contribution in [0.4, 0.5) is 0 Å². The van der Waals surface area contributed by atoms with Crippen LogP contribution in [0, 0.1) is 0 Å². The molecule has 15 aliphatic rings. The van der Waals surface area contributed by atoms with Crippen molar-refractivity contribution in [3.63, 3.8) is 0 Å². The van der Waals surface area contributed by atoms with Gasteiger partial charge in [-0.1, -0.05) is 0 Å². The molecule has 15 fully saturated rings. The lowest BCUT2D eigenvalue weighted by Crippen LogP contribution is -2.68. The van der Waals surface area contributed by atoms with Gasteiger partial charge in [-0.2, -0.15) is 0 Å². The zero-order chi connectivity index (χ0) is 58.2. The normalized spacial score (nSPS) is 53.7. The lowest BCUT2D eigenvalue weighted by atomic mass is 9.95.